The van der Waals surface area contributed by atoms with E-state index in [1.807, 2.05) is 71.0 Å². The van der Waals surface area contributed by atoms with Gasteiger partial charge in [-0.25, -0.2) is 9.18 Å². The van der Waals surface area contributed by atoms with Crippen molar-refractivity contribution in [2.75, 3.05) is 6.54 Å². The number of hydrogen-bond acceptors (Lipinski definition) is 4. The van der Waals surface area contributed by atoms with E-state index >= 15 is 0 Å². The fourth-order valence-corrected chi connectivity index (χ4v) is 3.09. The number of alkyl carbamates (subject to hydrolysis) is 1. The third-order valence-electron chi connectivity index (χ3n) is 5.70. The lowest BCUT2D eigenvalue weighted by molar-refractivity contribution is 0.00578. The number of rotatable bonds is 6. The molecule has 0 unspecified atom stereocenters. The molecule has 1 N–H and O–H groups in total. The van der Waals surface area contributed by atoms with Crippen LogP contribution in [0.25, 0.3) is 6.08 Å². The smallest absolute Gasteiger partial charge is 0.445 e. The number of nitrogens with one attached hydrogen (secondary N) is 1. The van der Waals surface area contributed by atoms with E-state index < -0.39 is 24.4 Å². The summed E-state index contributed by atoms with van der Waals surface area (Å²) < 4.78 is 32.0. The third kappa shape index (κ3) is 5.74. The Balaban J connectivity index is 1.74. The monoisotopic (exact) mass is 425 g/mol. The number of carbonyl (C=O) groups is 1. The Morgan fingerprint density at radius 2 is 1.74 bits per heavy atom. The first kappa shape index (κ1) is 23.0. The van der Waals surface area contributed by atoms with E-state index in [-0.39, 0.29) is 19.0 Å². The summed E-state index contributed by atoms with van der Waals surface area (Å²) in [5.74, 6) is -0.347. The van der Waals surface area contributed by atoms with Crippen molar-refractivity contribution in [3.63, 3.8) is 0 Å². The van der Waals surface area contributed by atoms with Crippen molar-refractivity contribution in [3.8, 4) is 0 Å². The topological polar surface area (TPSA) is 56.8 Å². The standard InChI is InChI=1S/C24H29BFNO4/c1-17-11-12-19(21(26)13-17)14-20(25-30-23(2,3)24(4,5)31-25)15-27-22(28)29-16-18-9-7-6-8-10-18/h6-14H,15-16H2,1-5H3,(H,27,28). The van der Waals surface area contributed by atoms with Gasteiger partial charge in [0.05, 0.1) is 11.2 Å². The van der Waals surface area contributed by atoms with Gasteiger partial charge in [-0.05, 0) is 57.3 Å². The Labute approximate surface area is 183 Å². The SMILES string of the molecule is Cc1ccc(C=C(CNC(=O)OCc2ccccc2)B2OC(C)(C)C(C)(C)O2)c(F)c1. The van der Waals surface area contributed by atoms with Gasteiger partial charge < -0.3 is 19.4 Å². The highest BCUT2D eigenvalue weighted by Crippen LogP contribution is 2.38. The van der Waals surface area contributed by atoms with Crippen LogP contribution < -0.4 is 5.32 Å². The average molecular weight is 425 g/mol. The zero-order valence-electron chi connectivity index (χ0n) is 18.7. The molecule has 164 valence electrons. The summed E-state index contributed by atoms with van der Waals surface area (Å²) in [6, 6.07) is 14.4. The molecule has 0 aromatic heterocycles. The molecule has 0 saturated carbocycles. The quantitative estimate of drug-likeness (QED) is 0.657. The number of ether oxygens (including phenoxy) is 1. The van der Waals surface area contributed by atoms with E-state index in [4.69, 9.17) is 14.0 Å². The fraction of sp³-hybridized carbons (Fsp3) is 0.375. The van der Waals surface area contributed by atoms with E-state index in [2.05, 4.69) is 5.32 Å². The molecule has 2 aromatic carbocycles. The number of amides is 1. The number of carbonyl (C=O) groups excluding carboxylic acids is 1. The molecule has 0 bridgehead atoms. The maximum atomic E-state index is 14.5. The van der Waals surface area contributed by atoms with Crippen LogP contribution in [0.4, 0.5) is 9.18 Å². The van der Waals surface area contributed by atoms with Gasteiger partial charge in [-0.2, -0.15) is 0 Å². The van der Waals surface area contributed by atoms with Crippen molar-refractivity contribution < 1.29 is 23.2 Å². The van der Waals surface area contributed by atoms with Crippen LogP contribution in [0.3, 0.4) is 0 Å². The predicted octanol–water partition coefficient (Wildman–Crippen LogP) is 5.08. The molecule has 1 saturated heterocycles. The van der Waals surface area contributed by atoms with Gasteiger partial charge in [0.25, 0.3) is 0 Å². The van der Waals surface area contributed by atoms with Crippen LogP contribution in [0.1, 0.15) is 44.4 Å². The van der Waals surface area contributed by atoms with E-state index in [9.17, 15) is 9.18 Å². The molecule has 3 rings (SSSR count). The van der Waals surface area contributed by atoms with Gasteiger partial charge in [-0.3, -0.25) is 0 Å². The Hall–Kier alpha value is -2.64. The van der Waals surface area contributed by atoms with Crippen molar-refractivity contribution in [1.82, 2.24) is 5.32 Å². The second-order valence-electron chi connectivity index (χ2n) is 8.75. The largest absolute Gasteiger partial charge is 0.492 e. The minimum Gasteiger partial charge on any atom is -0.445 e. The third-order valence-corrected chi connectivity index (χ3v) is 5.70. The highest BCUT2D eigenvalue weighted by Gasteiger charge is 2.52. The molecule has 2 aromatic rings. The second-order valence-corrected chi connectivity index (χ2v) is 8.75. The highest BCUT2D eigenvalue weighted by molar-refractivity contribution is 6.56. The van der Waals surface area contributed by atoms with E-state index in [1.165, 1.54) is 6.07 Å². The normalized spacial score (nSPS) is 17.5. The maximum absolute atomic E-state index is 14.5. The number of benzene rings is 2. The molecule has 0 radical (unpaired) electrons. The molecule has 1 fully saturated rings. The first-order valence-corrected chi connectivity index (χ1v) is 10.3. The van der Waals surface area contributed by atoms with Gasteiger partial charge in [0.2, 0.25) is 0 Å². The van der Waals surface area contributed by atoms with Crippen molar-refractivity contribution in [2.45, 2.75) is 52.4 Å². The lowest BCUT2D eigenvalue weighted by Crippen LogP contribution is -2.41. The van der Waals surface area contributed by atoms with Crippen LogP contribution in [0, 0.1) is 12.7 Å². The van der Waals surface area contributed by atoms with Gasteiger partial charge in [0, 0.05) is 12.1 Å². The minimum absolute atomic E-state index is 0.0950. The van der Waals surface area contributed by atoms with Crippen LogP contribution in [0.2, 0.25) is 0 Å². The average Bonchev–Trinajstić information content (AvgIpc) is 2.93. The molecule has 1 amide bonds. The molecule has 1 heterocycles. The van der Waals surface area contributed by atoms with Crippen molar-refractivity contribution >= 4 is 19.3 Å². The molecule has 7 heteroatoms. The Kier molecular flexibility index (Phi) is 6.87. The van der Waals surface area contributed by atoms with Crippen LogP contribution in [-0.4, -0.2) is 31.0 Å². The Morgan fingerprint density at radius 3 is 2.35 bits per heavy atom. The van der Waals surface area contributed by atoms with Crippen LogP contribution in [-0.2, 0) is 20.7 Å². The molecule has 5 nitrogen and oxygen atoms in total. The van der Waals surface area contributed by atoms with Gasteiger partial charge in [0.1, 0.15) is 12.4 Å². The van der Waals surface area contributed by atoms with Crippen molar-refractivity contribution in [2.24, 2.45) is 0 Å². The molecule has 1 aliphatic heterocycles. The summed E-state index contributed by atoms with van der Waals surface area (Å²) in [5, 5.41) is 2.72. The van der Waals surface area contributed by atoms with Gasteiger partial charge >= 0.3 is 13.2 Å². The summed E-state index contributed by atoms with van der Waals surface area (Å²) >= 11 is 0. The summed E-state index contributed by atoms with van der Waals surface area (Å²) in [7, 11) is -0.722. The van der Waals surface area contributed by atoms with Gasteiger partial charge in [-0.1, -0.05) is 48.5 Å². The van der Waals surface area contributed by atoms with E-state index in [1.54, 1.807) is 12.1 Å². The summed E-state index contributed by atoms with van der Waals surface area (Å²) in [5.41, 5.74) is 1.59. The minimum atomic E-state index is -0.722. The molecule has 0 aliphatic carbocycles. The van der Waals surface area contributed by atoms with Crippen molar-refractivity contribution in [3.05, 3.63) is 76.5 Å². The molecule has 31 heavy (non-hydrogen) atoms. The molecular formula is C24H29BFNO4. The lowest BCUT2D eigenvalue weighted by Gasteiger charge is -2.32. The lowest BCUT2D eigenvalue weighted by atomic mass is 9.77. The number of aryl methyl sites for hydroxylation is 1. The van der Waals surface area contributed by atoms with Crippen LogP contribution in [0.15, 0.2) is 54.0 Å². The second kappa shape index (κ2) is 9.24. The summed E-state index contributed by atoms with van der Waals surface area (Å²) in [6.07, 6.45) is 1.09. The van der Waals surface area contributed by atoms with E-state index in [0.29, 0.717) is 11.0 Å². The highest BCUT2D eigenvalue weighted by atomic mass is 19.1. The molecule has 0 atom stereocenters. The Bertz CT molecular complexity index is 943. The molecular weight excluding hydrogens is 396 g/mol. The zero-order chi connectivity index (χ0) is 22.6. The first-order chi connectivity index (χ1) is 14.6. The van der Waals surface area contributed by atoms with Crippen LogP contribution >= 0.6 is 0 Å². The number of halogens is 1. The Morgan fingerprint density at radius 1 is 1.10 bits per heavy atom. The van der Waals surface area contributed by atoms with Crippen molar-refractivity contribution in [1.29, 1.82) is 0 Å². The van der Waals surface area contributed by atoms with E-state index in [0.717, 1.165) is 11.1 Å². The fourth-order valence-electron chi connectivity index (χ4n) is 3.09. The predicted molar refractivity (Wildman–Crippen MR) is 120 cm³/mol. The van der Waals surface area contributed by atoms with Gasteiger partial charge in [-0.15, -0.1) is 0 Å². The zero-order valence-corrected chi connectivity index (χ0v) is 18.7. The van der Waals surface area contributed by atoms with Gasteiger partial charge in [0.15, 0.2) is 0 Å². The number of hydrogen-bond donors (Lipinski definition) is 1. The maximum Gasteiger partial charge on any atom is 0.492 e. The first-order valence-electron chi connectivity index (χ1n) is 10.3. The summed E-state index contributed by atoms with van der Waals surface area (Å²) in [6.45, 7) is 9.86. The molecule has 1 aliphatic rings. The molecule has 0 spiro atoms. The van der Waals surface area contributed by atoms with Crippen LogP contribution in [0.5, 0.6) is 0 Å². The summed E-state index contributed by atoms with van der Waals surface area (Å²) in [4.78, 5) is 12.2.